The minimum absolute atomic E-state index is 0. The van der Waals surface area contributed by atoms with Crippen LogP contribution in [0.4, 0.5) is 0 Å². The number of rotatable bonds is 0. The van der Waals surface area contributed by atoms with E-state index < -0.39 is 20.8 Å². The third-order valence-corrected chi connectivity index (χ3v) is 0. The van der Waals surface area contributed by atoms with Crippen molar-refractivity contribution in [2.45, 2.75) is 0 Å². The molecule has 0 aliphatic heterocycles. The molecule has 0 unspecified atom stereocenters. The molecule has 0 aliphatic rings. The van der Waals surface area contributed by atoms with E-state index in [-0.39, 0.29) is 138 Å². The van der Waals surface area contributed by atoms with Crippen LogP contribution in [0.2, 0.25) is 0 Å². The van der Waals surface area contributed by atoms with E-state index in [9.17, 15) is 0 Å². The molecule has 0 aromatic rings. The maximum atomic E-state index is 8.52. The van der Waals surface area contributed by atoms with Gasteiger partial charge in [0, 0.05) is 20.8 Å². The van der Waals surface area contributed by atoms with E-state index >= 15 is 0 Å². The molecule has 0 aliphatic carbocycles. The quantitative estimate of drug-likeness (QED) is 0.226. The molecule has 15 heteroatoms. The van der Waals surface area contributed by atoms with Gasteiger partial charge in [0.2, 0.25) is 0 Å². The average Bonchev–Trinajstić information content (AvgIpc) is 1.12. The molecule has 0 saturated heterocycles. The first-order chi connectivity index (χ1) is 4.00. The molecule has 0 aromatic heterocycles. The predicted molar refractivity (Wildman–Crippen MR) is 38.2 cm³/mol. The largest absolute Gasteiger partial charge is 2.00 e. The third kappa shape index (κ3) is 279. The van der Waals surface area contributed by atoms with Gasteiger partial charge in [-0.15, -0.1) is 0 Å². The molecule has 0 fully saturated rings. The summed E-state index contributed by atoms with van der Waals surface area (Å²) < 4.78 is 68.2. The maximum Gasteiger partial charge on any atom is 2.00 e. The van der Waals surface area contributed by atoms with Gasteiger partial charge in [0.15, 0.2) is 0 Å². The molecule has 0 saturated carbocycles. The van der Waals surface area contributed by atoms with Gasteiger partial charge in [-0.05, 0) is 0 Å². The monoisotopic (exact) mass is 382 g/mol. The fourth-order valence-corrected chi connectivity index (χ4v) is 0. The summed E-state index contributed by atoms with van der Waals surface area (Å²) >= 11 is 0. The minimum atomic E-state index is -5.17. The van der Waals surface area contributed by atoms with Gasteiger partial charge in [-0.3, -0.25) is 16.8 Å². The second-order valence-corrected chi connectivity index (χ2v) is 2.45. The van der Waals surface area contributed by atoms with Crippen LogP contribution in [-0.4, -0.2) is 148 Å². The second kappa shape index (κ2) is 20.4. The normalized spacial score (nSPS) is 7.73. The van der Waals surface area contributed by atoms with Crippen LogP contribution in [0.25, 0.3) is 0 Å². The molecular formula is Ca3Cl2O8S2. The van der Waals surface area contributed by atoms with Gasteiger partial charge in [-0.2, -0.15) is 0 Å². The predicted octanol–water partition coefficient (Wildman–Crippen LogP) is -9.81. The molecule has 0 bridgehead atoms. The Morgan fingerprint density at radius 1 is 0.533 bits per heavy atom. The number of hydrogen-bond donors (Lipinski definition) is 0. The van der Waals surface area contributed by atoms with Crippen LogP contribution in [0.1, 0.15) is 0 Å². The maximum absolute atomic E-state index is 8.52. The van der Waals surface area contributed by atoms with Crippen molar-refractivity contribution in [2.75, 3.05) is 0 Å². The van der Waals surface area contributed by atoms with E-state index in [0.29, 0.717) is 0 Å². The van der Waals surface area contributed by atoms with Gasteiger partial charge in [-0.1, -0.05) is 0 Å². The van der Waals surface area contributed by atoms with Crippen LogP contribution in [0.5, 0.6) is 0 Å². The molecule has 0 N–H and O–H groups in total. The zero-order valence-electron chi connectivity index (χ0n) is 6.96. The van der Waals surface area contributed by atoms with Crippen molar-refractivity contribution >= 4 is 134 Å². The van der Waals surface area contributed by atoms with Gasteiger partial charge in [0.25, 0.3) is 0 Å². The van der Waals surface area contributed by atoms with Gasteiger partial charge >= 0.3 is 113 Å². The summed E-state index contributed by atoms with van der Waals surface area (Å²) in [6, 6.07) is 0. The molecule has 0 radical (unpaired) electrons. The van der Waals surface area contributed by atoms with E-state index in [2.05, 4.69) is 0 Å². The molecule has 8 nitrogen and oxygen atoms in total. The Hall–Kier alpha value is 4.10. The Balaban J connectivity index is -0.0000000128. The first-order valence-electron chi connectivity index (χ1n) is 1.33. The minimum Gasteiger partial charge on any atom is -1.00 e. The molecule has 0 rings (SSSR count). The van der Waals surface area contributed by atoms with Crippen LogP contribution >= 0.6 is 0 Å². The molecule has 0 spiro atoms. The molecule has 0 heterocycles. The molecule has 80 valence electrons. The second-order valence-electron chi connectivity index (χ2n) is 0.816. The summed E-state index contributed by atoms with van der Waals surface area (Å²) in [7, 11) is -10.3. The molecule has 0 atom stereocenters. The Morgan fingerprint density at radius 3 is 0.533 bits per heavy atom. The van der Waals surface area contributed by atoms with E-state index in [4.69, 9.17) is 35.0 Å². The van der Waals surface area contributed by atoms with E-state index in [0.717, 1.165) is 0 Å². The average molecular weight is 383 g/mol. The van der Waals surface area contributed by atoms with Crippen LogP contribution in [0.3, 0.4) is 0 Å². The van der Waals surface area contributed by atoms with Gasteiger partial charge in [-0.25, -0.2) is 0 Å². The van der Waals surface area contributed by atoms with E-state index in [1.54, 1.807) is 0 Å². The summed E-state index contributed by atoms with van der Waals surface area (Å²) in [6.45, 7) is 0. The molecule has 0 aromatic carbocycles. The van der Waals surface area contributed by atoms with Crippen molar-refractivity contribution in [3.63, 3.8) is 0 Å². The number of halogens is 2. The van der Waals surface area contributed by atoms with Crippen LogP contribution in [0.15, 0.2) is 0 Å². The van der Waals surface area contributed by atoms with Crippen LogP contribution in [0, 0.1) is 0 Å². The summed E-state index contributed by atoms with van der Waals surface area (Å²) in [5.41, 5.74) is 0. The van der Waals surface area contributed by atoms with Crippen molar-refractivity contribution in [1.82, 2.24) is 0 Å². The van der Waals surface area contributed by atoms with Crippen molar-refractivity contribution in [3.05, 3.63) is 0 Å². The van der Waals surface area contributed by atoms with E-state index in [1.807, 2.05) is 0 Å². The molecule has 15 heavy (non-hydrogen) atoms. The Kier molecular flexibility index (Phi) is 58.2. The van der Waals surface area contributed by atoms with Crippen molar-refractivity contribution < 1.29 is 59.9 Å². The van der Waals surface area contributed by atoms with E-state index in [1.165, 1.54) is 0 Å². The first-order valence-corrected chi connectivity index (χ1v) is 4.00. The first kappa shape index (κ1) is 42.7. The Labute approximate surface area is 189 Å². The molecule has 0 amide bonds. The van der Waals surface area contributed by atoms with Crippen LogP contribution < -0.4 is 24.8 Å². The standard InChI is InChI=1S/3Ca.2ClH.2H2O4S/c;;;;;2*1-5(2,3)4/h;;;2*1H;2*(H2,1,2,3,4)/q3*+2;;;;/p-6. The smallest absolute Gasteiger partial charge is 1.00 e. The summed E-state index contributed by atoms with van der Waals surface area (Å²) in [6.07, 6.45) is 0. The van der Waals surface area contributed by atoms with Crippen molar-refractivity contribution in [2.24, 2.45) is 0 Å². The third-order valence-electron chi connectivity index (χ3n) is 0. The summed E-state index contributed by atoms with van der Waals surface area (Å²) in [5.74, 6) is 0. The molecular weight excluding hydrogens is 383 g/mol. The summed E-state index contributed by atoms with van der Waals surface area (Å²) in [5, 5.41) is 0. The fourth-order valence-electron chi connectivity index (χ4n) is 0. The zero-order chi connectivity index (χ0) is 9.00. The van der Waals surface area contributed by atoms with Crippen LogP contribution in [-0.2, 0) is 20.8 Å². The van der Waals surface area contributed by atoms with Crippen molar-refractivity contribution in [3.8, 4) is 0 Å². The SMILES string of the molecule is O=S(=O)([O-])[O-].O=S(=O)([O-])[O-].[Ca+2].[Ca+2].[Ca+2].[Cl-].[Cl-]. The van der Waals surface area contributed by atoms with Gasteiger partial charge < -0.3 is 43.0 Å². The van der Waals surface area contributed by atoms with Gasteiger partial charge in [0.05, 0.1) is 0 Å². The number of hydrogen-bond acceptors (Lipinski definition) is 8. The Bertz CT molecular complexity index is 222. The summed E-state index contributed by atoms with van der Waals surface area (Å²) in [4.78, 5) is 0. The fraction of sp³-hybridized carbons (Fsp3) is 0. The zero-order valence-corrected chi connectivity index (χ0v) is 16.7. The Morgan fingerprint density at radius 2 is 0.533 bits per heavy atom. The van der Waals surface area contributed by atoms with Gasteiger partial charge in [0.1, 0.15) is 0 Å². The van der Waals surface area contributed by atoms with Crippen molar-refractivity contribution in [1.29, 1.82) is 0 Å². The topological polar surface area (TPSA) is 161 Å².